The number of halogens is 4. The van der Waals surface area contributed by atoms with Gasteiger partial charge in [0.2, 0.25) is 5.91 Å². The summed E-state index contributed by atoms with van der Waals surface area (Å²) in [6, 6.07) is 0.798. The fourth-order valence-electron chi connectivity index (χ4n) is 2.05. The number of hydrogen-bond acceptors (Lipinski definition) is 5. The lowest BCUT2D eigenvalue weighted by atomic mass is 10.1. The Morgan fingerprint density at radius 2 is 2.11 bits per heavy atom. The minimum atomic E-state index is -4.54. The van der Waals surface area contributed by atoms with Crippen LogP contribution < -0.4 is 5.32 Å². The number of thioether (sulfide) groups is 1. The van der Waals surface area contributed by atoms with Gasteiger partial charge in [-0.1, -0.05) is 37.2 Å². The molecule has 0 saturated heterocycles. The number of pyridine rings is 1. The van der Waals surface area contributed by atoms with Crippen molar-refractivity contribution in [3.63, 3.8) is 0 Å². The van der Waals surface area contributed by atoms with Crippen LogP contribution in [0.25, 0.3) is 5.65 Å². The average Bonchev–Trinajstić information content (AvgIpc) is 2.98. The molecule has 0 radical (unpaired) electrons. The molecule has 0 aliphatic rings. The number of hydrogen-bond donors (Lipinski definition) is 1. The van der Waals surface area contributed by atoms with Crippen LogP contribution in [-0.4, -0.2) is 46.0 Å². The zero-order valence-corrected chi connectivity index (χ0v) is 16.4. The van der Waals surface area contributed by atoms with E-state index in [2.05, 4.69) is 29.4 Å². The van der Waals surface area contributed by atoms with E-state index >= 15 is 0 Å². The van der Waals surface area contributed by atoms with Gasteiger partial charge >= 0.3 is 6.18 Å². The second kappa shape index (κ2) is 9.61. The Hall–Kier alpha value is -1.52. The molecule has 2 aromatic rings. The van der Waals surface area contributed by atoms with Gasteiger partial charge in [-0.2, -0.15) is 13.2 Å². The summed E-state index contributed by atoms with van der Waals surface area (Å²) in [7, 11) is 0. The lowest BCUT2D eigenvalue weighted by Crippen LogP contribution is -2.29. The number of ether oxygens (including phenoxy) is 1. The maximum Gasteiger partial charge on any atom is 0.417 e. The van der Waals surface area contributed by atoms with Crippen molar-refractivity contribution in [3.05, 3.63) is 22.8 Å². The van der Waals surface area contributed by atoms with Gasteiger partial charge in [-0.25, -0.2) is 0 Å². The van der Waals surface area contributed by atoms with Crippen LogP contribution in [0.2, 0.25) is 5.02 Å². The summed E-state index contributed by atoms with van der Waals surface area (Å²) in [5.41, 5.74) is -0.809. The first kappa shape index (κ1) is 21.8. The number of fused-ring (bicyclic) bond motifs is 1. The third kappa shape index (κ3) is 6.54. The first-order valence-electron chi connectivity index (χ1n) is 8.27. The van der Waals surface area contributed by atoms with Crippen molar-refractivity contribution in [1.82, 2.24) is 19.9 Å². The van der Waals surface area contributed by atoms with Crippen LogP contribution in [0.5, 0.6) is 0 Å². The highest BCUT2D eigenvalue weighted by atomic mass is 35.5. The molecular formula is C16H20ClF3N4O2S. The third-order valence-corrected chi connectivity index (χ3v) is 4.72. The number of aromatic nitrogens is 3. The Bertz CT molecular complexity index is 783. The van der Waals surface area contributed by atoms with Crippen LogP contribution in [0.1, 0.15) is 25.8 Å². The number of rotatable bonds is 9. The quantitative estimate of drug-likeness (QED) is 0.491. The molecule has 2 rings (SSSR count). The van der Waals surface area contributed by atoms with Crippen molar-refractivity contribution in [1.29, 1.82) is 0 Å². The minimum absolute atomic E-state index is 0.0132. The topological polar surface area (TPSA) is 68.5 Å². The van der Waals surface area contributed by atoms with Gasteiger partial charge in [0.1, 0.15) is 0 Å². The van der Waals surface area contributed by atoms with E-state index in [0.29, 0.717) is 25.7 Å². The van der Waals surface area contributed by atoms with E-state index < -0.39 is 11.7 Å². The molecule has 1 N–H and O–H groups in total. The monoisotopic (exact) mass is 424 g/mol. The maximum atomic E-state index is 12.9. The van der Waals surface area contributed by atoms with Crippen molar-refractivity contribution in [3.8, 4) is 0 Å². The van der Waals surface area contributed by atoms with Gasteiger partial charge in [-0.05, 0) is 18.4 Å². The summed E-state index contributed by atoms with van der Waals surface area (Å²) in [6.45, 7) is 5.60. The molecule has 0 spiro atoms. The highest BCUT2D eigenvalue weighted by molar-refractivity contribution is 7.99. The number of nitrogens with zero attached hydrogens (tertiary/aromatic N) is 3. The Labute approximate surface area is 163 Å². The van der Waals surface area contributed by atoms with Crippen molar-refractivity contribution in [2.75, 3.05) is 25.5 Å². The SMILES string of the molecule is CC(C)CCOCCNC(=O)CSc1nnc2c(Cl)cc(C(F)(F)F)cn12. The number of amides is 1. The molecule has 2 aromatic heterocycles. The van der Waals surface area contributed by atoms with E-state index in [0.717, 1.165) is 34.8 Å². The van der Waals surface area contributed by atoms with E-state index in [1.165, 1.54) is 0 Å². The largest absolute Gasteiger partial charge is 0.417 e. The van der Waals surface area contributed by atoms with Gasteiger partial charge in [0, 0.05) is 19.3 Å². The van der Waals surface area contributed by atoms with Crippen molar-refractivity contribution >= 4 is 34.9 Å². The molecule has 2 heterocycles. The second-order valence-electron chi connectivity index (χ2n) is 6.18. The van der Waals surface area contributed by atoms with Crippen LogP contribution >= 0.6 is 23.4 Å². The average molecular weight is 425 g/mol. The number of alkyl halides is 3. The van der Waals surface area contributed by atoms with Crippen molar-refractivity contribution < 1.29 is 22.7 Å². The first-order chi connectivity index (χ1) is 12.7. The normalized spacial score (nSPS) is 12.1. The molecule has 1 amide bonds. The Balaban J connectivity index is 1.87. The van der Waals surface area contributed by atoms with Gasteiger partial charge in [0.05, 0.1) is 22.9 Å². The van der Waals surface area contributed by atoms with Gasteiger partial charge in [0.25, 0.3) is 0 Å². The zero-order valence-electron chi connectivity index (χ0n) is 14.8. The molecule has 0 aliphatic heterocycles. The fourth-order valence-corrected chi connectivity index (χ4v) is 3.04. The molecule has 11 heteroatoms. The minimum Gasteiger partial charge on any atom is -0.380 e. The van der Waals surface area contributed by atoms with Crippen molar-refractivity contribution in [2.45, 2.75) is 31.6 Å². The smallest absolute Gasteiger partial charge is 0.380 e. The summed E-state index contributed by atoms with van der Waals surface area (Å²) >= 11 is 6.82. The molecule has 0 aliphatic carbocycles. The van der Waals surface area contributed by atoms with E-state index in [-0.39, 0.29) is 27.5 Å². The summed E-state index contributed by atoms with van der Waals surface area (Å²) in [6.07, 6.45) is -2.73. The molecule has 27 heavy (non-hydrogen) atoms. The highest BCUT2D eigenvalue weighted by Crippen LogP contribution is 2.33. The molecular weight excluding hydrogens is 405 g/mol. The summed E-state index contributed by atoms with van der Waals surface area (Å²) in [5, 5.41) is 10.3. The van der Waals surface area contributed by atoms with Gasteiger partial charge in [0.15, 0.2) is 10.8 Å². The van der Waals surface area contributed by atoms with Crippen LogP contribution in [0.3, 0.4) is 0 Å². The molecule has 6 nitrogen and oxygen atoms in total. The van der Waals surface area contributed by atoms with E-state index in [4.69, 9.17) is 16.3 Å². The van der Waals surface area contributed by atoms with Gasteiger partial charge < -0.3 is 10.1 Å². The number of carbonyl (C=O) groups is 1. The first-order valence-corrected chi connectivity index (χ1v) is 9.63. The van der Waals surface area contributed by atoms with Crippen LogP contribution in [0.15, 0.2) is 17.4 Å². The summed E-state index contributed by atoms with van der Waals surface area (Å²) in [4.78, 5) is 11.9. The van der Waals surface area contributed by atoms with Crippen LogP contribution in [0.4, 0.5) is 13.2 Å². The molecule has 0 fully saturated rings. The summed E-state index contributed by atoms with van der Waals surface area (Å²) in [5.74, 6) is 0.267. The molecule has 0 saturated carbocycles. The number of nitrogens with one attached hydrogen (secondary N) is 1. The summed E-state index contributed by atoms with van der Waals surface area (Å²) < 4.78 is 45.3. The lowest BCUT2D eigenvalue weighted by Gasteiger charge is -2.09. The van der Waals surface area contributed by atoms with E-state index in [1.807, 2.05) is 0 Å². The Morgan fingerprint density at radius 1 is 1.37 bits per heavy atom. The molecule has 0 unspecified atom stereocenters. The highest BCUT2D eigenvalue weighted by Gasteiger charge is 2.32. The molecule has 0 bridgehead atoms. The lowest BCUT2D eigenvalue weighted by molar-refractivity contribution is -0.137. The van der Waals surface area contributed by atoms with E-state index in [1.54, 1.807) is 0 Å². The molecule has 150 valence electrons. The van der Waals surface area contributed by atoms with Gasteiger partial charge in [-0.3, -0.25) is 9.20 Å². The predicted octanol–water partition coefficient (Wildman–Crippen LogP) is 3.67. The predicted molar refractivity (Wildman–Crippen MR) is 97.0 cm³/mol. The Kier molecular flexibility index (Phi) is 7.75. The Morgan fingerprint density at radius 3 is 2.78 bits per heavy atom. The fraction of sp³-hybridized carbons (Fsp3) is 0.562. The standard InChI is InChI=1S/C16H20ClF3N4O2S/c1-10(2)3-5-26-6-4-21-13(25)9-27-15-23-22-14-12(17)7-11(8-24(14)15)16(18,19)20/h7-8,10H,3-6,9H2,1-2H3,(H,21,25). The van der Waals surface area contributed by atoms with E-state index in [9.17, 15) is 18.0 Å². The van der Waals surface area contributed by atoms with Gasteiger partial charge in [-0.15, -0.1) is 10.2 Å². The molecule has 0 atom stereocenters. The zero-order chi connectivity index (χ0) is 20.0. The molecule has 0 aromatic carbocycles. The number of carbonyl (C=O) groups excluding carboxylic acids is 1. The second-order valence-corrected chi connectivity index (χ2v) is 7.53. The van der Waals surface area contributed by atoms with Crippen LogP contribution in [0, 0.1) is 5.92 Å². The maximum absolute atomic E-state index is 12.9. The van der Waals surface area contributed by atoms with Crippen LogP contribution in [-0.2, 0) is 15.7 Å². The third-order valence-electron chi connectivity index (χ3n) is 3.50. The van der Waals surface area contributed by atoms with Crippen molar-refractivity contribution in [2.24, 2.45) is 5.92 Å².